The summed E-state index contributed by atoms with van der Waals surface area (Å²) < 4.78 is 39.8. The maximum atomic E-state index is 13.1. The van der Waals surface area contributed by atoms with E-state index in [4.69, 9.17) is 0 Å². The monoisotopic (exact) mass is 308 g/mol. The van der Waals surface area contributed by atoms with E-state index in [-0.39, 0.29) is 17.3 Å². The minimum Gasteiger partial charge on any atom is -0.316 e. The molecule has 7 heteroatoms. The number of benzene rings is 1. The zero-order valence-electron chi connectivity index (χ0n) is 10.6. The van der Waals surface area contributed by atoms with E-state index in [1.54, 1.807) is 6.92 Å². The van der Waals surface area contributed by atoms with Crippen LogP contribution in [0.5, 0.6) is 0 Å². The van der Waals surface area contributed by atoms with E-state index in [1.165, 1.54) is 12.1 Å². The van der Waals surface area contributed by atoms with Crippen molar-refractivity contribution in [3.63, 3.8) is 0 Å². The van der Waals surface area contributed by atoms with E-state index in [9.17, 15) is 12.8 Å². The van der Waals surface area contributed by atoms with Gasteiger partial charge in [-0.3, -0.25) is 0 Å². The van der Waals surface area contributed by atoms with E-state index >= 15 is 0 Å². The van der Waals surface area contributed by atoms with Crippen LogP contribution in [0, 0.1) is 18.7 Å². The van der Waals surface area contributed by atoms with Crippen molar-refractivity contribution in [1.82, 2.24) is 10.0 Å². The molecule has 2 N–H and O–H groups in total. The Balaban J connectivity index is 0.00000180. The number of nitrogens with one attached hydrogen (secondary N) is 2. The molecule has 0 aromatic heterocycles. The van der Waals surface area contributed by atoms with E-state index in [2.05, 4.69) is 10.0 Å². The summed E-state index contributed by atoms with van der Waals surface area (Å²) in [5, 5.41) is 3.17. The average molecular weight is 309 g/mol. The minimum absolute atomic E-state index is 0. The minimum atomic E-state index is -3.62. The lowest BCUT2D eigenvalue weighted by molar-refractivity contribution is 0.537. The molecule has 0 bridgehead atoms. The number of halogens is 2. The van der Waals surface area contributed by atoms with Crippen LogP contribution in [0.2, 0.25) is 0 Å². The number of hydrogen-bond acceptors (Lipinski definition) is 3. The van der Waals surface area contributed by atoms with Gasteiger partial charge in [-0.1, -0.05) is 6.07 Å². The van der Waals surface area contributed by atoms with Crippen LogP contribution in [0.15, 0.2) is 23.1 Å². The topological polar surface area (TPSA) is 58.2 Å². The summed E-state index contributed by atoms with van der Waals surface area (Å²) in [6.07, 6.45) is 0.963. The zero-order chi connectivity index (χ0) is 13.2. The van der Waals surface area contributed by atoms with Gasteiger partial charge in [0.1, 0.15) is 5.82 Å². The van der Waals surface area contributed by atoms with Crippen molar-refractivity contribution in [2.24, 2.45) is 5.92 Å². The van der Waals surface area contributed by atoms with Crippen molar-refractivity contribution in [2.75, 3.05) is 19.6 Å². The fourth-order valence-electron chi connectivity index (χ4n) is 2.06. The Kier molecular flexibility index (Phi) is 5.73. The second-order valence-electron chi connectivity index (χ2n) is 4.62. The summed E-state index contributed by atoms with van der Waals surface area (Å²) in [5.41, 5.74) is 0.549. The average Bonchev–Trinajstić information content (AvgIpc) is 2.83. The SMILES string of the molecule is Cc1ccc(F)cc1S(=O)(=O)NCC1CCNC1.Cl. The van der Waals surface area contributed by atoms with Crippen molar-refractivity contribution >= 4 is 22.4 Å². The highest BCUT2D eigenvalue weighted by Crippen LogP contribution is 2.17. The Morgan fingerprint density at radius 3 is 2.84 bits per heavy atom. The molecule has 0 amide bonds. The second-order valence-corrected chi connectivity index (χ2v) is 6.36. The Labute approximate surface area is 119 Å². The molecule has 1 aromatic rings. The van der Waals surface area contributed by atoms with Gasteiger partial charge in [-0.25, -0.2) is 17.5 Å². The first-order valence-electron chi connectivity index (χ1n) is 5.95. The Hall–Kier alpha value is -0.690. The zero-order valence-corrected chi connectivity index (χ0v) is 12.3. The van der Waals surface area contributed by atoms with Gasteiger partial charge < -0.3 is 5.32 Å². The number of aryl methyl sites for hydroxylation is 1. The predicted molar refractivity (Wildman–Crippen MR) is 74.6 cm³/mol. The van der Waals surface area contributed by atoms with Crippen LogP contribution in [-0.2, 0) is 10.0 Å². The molecule has 0 radical (unpaired) electrons. The number of rotatable bonds is 4. The summed E-state index contributed by atoms with van der Waals surface area (Å²) in [6.45, 7) is 3.80. The smallest absolute Gasteiger partial charge is 0.240 e. The van der Waals surface area contributed by atoms with Crippen LogP contribution < -0.4 is 10.0 Å². The second kappa shape index (κ2) is 6.65. The Bertz CT molecular complexity index is 531. The van der Waals surface area contributed by atoms with E-state index in [1.807, 2.05) is 0 Å². The van der Waals surface area contributed by atoms with Gasteiger partial charge in [0.15, 0.2) is 0 Å². The maximum Gasteiger partial charge on any atom is 0.240 e. The van der Waals surface area contributed by atoms with Gasteiger partial charge in [0, 0.05) is 6.54 Å². The van der Waals surface area contributed by atoms with Gasteiger partial charge >= 0.3 is 0 Å². The molecule has 1 atom stereocenters. The van der Waals surface area contributed by atoms with Crippen LogP contribution in [0.3, 0.4) is 0 Å². The van der Waals surface area contributed by atoms with Crippen LogP contribution in [0.1, 0.15) is 12.0 Å². The molecule has 2 rings (SSSR count). The standard InChI is InChI=1S/C12H17FN2O2S.ClH/c1-9-2-3-11(13)6-12(9)18(16,17)15-8-10-4-5-14-7-10;/h2-3,6,10,14-15H,4-5,7-8H2,1H3;1H. The van der Waals surface area contributed by atoms with E-state index < -0.39 is 15.8 Å². The highest BCUT2D eigenvalue weighted by molar-refractivity contribution is 7.89. The molecular weight excluding hydrogens is 291 g/mol. The molecule has 0 spiro atoms. The highest BCUT2D eigenvalue weighted by atomic mass is 35.5. The molecule has 4 nitrogen and oxygen atoms in total. The lowest BCUT2D eigenvalue weighted by Gasteiger charge is -2.12. The normalized spacial score (nSPS) is 19.2. The molecule has 1 aromatic carbocycles. The molecule has 19 heavy (non-hydrogen) atoms. The summed E-state index contributed by atoms with van der Waals surface area (Å²) in [6, 6.07) is 3.79. The molecule has 0 aliphatic carbocycles. The third-order valence-corrected chi connectivity index (χ3v) is 4.73. The quantitative estimate of drug-likeness (QED) is 0.885. The van der Waals surface area contributed by atoms with Crippen molar-refractivity contribution < 1.29 is 12.8 Å². The molecule has 1 saturated heterocycles. The van der Waals surface area contributed by atoms with Crippen LogP contribution in [-0.4, -0.2) is 28.1 Å². The third kappa shape index (κ3) is 4.14. The van der Waals surface area contributed by atoms with Crippen LogP contribution in [0.25, 0.3) is 0 Å². The van der Waals surface area contributed by atoms with Gasteiger partial charge in [-0.05, 0) is 50.0 Å². The maximum absolute atomic E-state index is 13.1. The molecule has 1 fully saturated rings. The van der Waals surface area contributed by atoms with Gasteiger partial charge in [0.25, 0.3) is 0 Å². The fraction of sp³-hybridized carbons (Fsp3) is 0.500. The first-order chi connectivity index (χ1) is 8.49. The Morgan fingerprint density at radius 2 is 2.21 bits per heavy atom. The van der Waals surface area contributed by atoms with Crippen molar-refractivity contribution in [1.29, 1.82) is 0 Å². The lowest BCUT2D eigenvalue weighted by atomic mass is 10.1. The van der Waals surface area contributed by atoms with Crippen molar-refractivity contribution in [3.05, 3.63) is 29.6 Å². The fourth-order valence-corrected chi connectivity index (χ4v) is 3.43. The number of sulfonamides is 1. The molecule has 108 valence electrons. The summed E-state index contributed by atoms with van der Waals surface area (Å²) in [4.78, 5) is 0.0217. The number of hydrogen-bond donors (Lipinski definition) is 2. The first kappa shape index (κ1) is 16.4. The molecule has 1 heterocycles. The molecule has 1 aliphatic heterocycles. The molecule has 0 saturated carbocycles. The van der Waals surface area contributed by atoms with Gasteiger partial charge in [0.2, 0.25) is 10.0 Å². The van der Waals surface area contributed by atoms with Crippen molar-refractivity contribution in [2.45, 2.75) is 18.2 Å². The van der Waals surface area contributed by atoms with Gasteiger partial charge in [0.05, 0.1) is 4.90 Å². The van der Waals surface area contributed by atoms with E-state index in [0.29, 0.717) is 18.0 Å². The summed E-state index contributed by atoms with van der Waals surface area (Å²) in [7, 11) is -3.62. The van der Waals surface area contributed by atoms with Crippen LogP contribution in [0.4, 0.5) is 4.39 Å². The molecule has 1 aliphatic rings. The largest absolute Gasteiger partial charge is 0.316 e. The van der Waals surface area contributed by atoms with Crippen LogP contribution >= 0.6 is 12.4 Å². The molecule has 1 unspecified atom stereocenters. The summed E-state index contributed by atoms with van der Waals surface area (Å²) in [5.74, 6) is -0.225. The summed E-state index contributed by atoms with van der Waals surface area (Å²) >= 11 is 0. The predicted octanol–water partition coefficient (Wildman–Crippen LogP) is 1.44. The first-order valence-corrected chi connectivity index (χ1v) is 7.44. The van der Waals surface area contributed by atoms with Gasteiger partial charge in [-0.2, -0.15) is 0 Å². The Morgan fingerprint density at radius 1 is 1.47 bits per heavy atom. The van der Waals surface area contributed by atoms with E-state index in [0.717, 1.165) is 25.6 Å². The van der Waals surface area contributed by atoms with Crippen molar-refractivity contribution in [3.8, 4) is 0 Å². The van der Waals surface area contributed by atoms with Gasteiger partial charge in [-0.15, -0.1) is 12.4 Å². The highest BCUT2D eigenvalue weighted by Gasteiger charge is 2.21. The lowest BCUT2D eigenvalue weighted by Crippen LogP contribution is -2.30. The third-order valence-electron chi connectivity index (χ3n) is 3.16. The molecular formula is C12H18ClFN2O2S.